The Kier molecular flexibility index (Phi) is 7.03. The number of aliphatic hydroxyl groups is 1. The number of ketones is 1. The van der Waals surface area contributed by atoms with Gasteiger partial charge in [0.1, 0.15) is 11.5 Å². The van der Waals surface area contributed by atoms with Crippen molar-refractivity contribution in [2.45, 2.75) is 51.9 Å². The van der Waals surface area contributed by atoms with Gasteiger partial charge in [0, 0.05) is 18.7 Å². The van der Waals surface area contributed by atoms with E-state index in [0.29, 0.717) is 23.5 Å². The zero-order valence-corrected chi connectivity index (χ0v) is 20.4. The fourth-order valence-corrected chi connectivity index (χ4v) is 4.64. The first-order valence-electron chi connectivity index (χ1n) is 11.8. The number of hydrogen-bond donors (Lipinski definition) is 2. The van der Waals surface area contributed by atoms with Crippen LogP contribution in [0.3, 0.4) is 0 Å². The number of benzene rings is 2. The van der Waals surface area contributed by atoms with Crippen LogP contribution < -0.4 is 9.47 Å². The van der Waals surface area contributed by atoms with Gasteiger partial charge in [-0.15, -0.1) is 0 Å². The van der Waals surface area contributed by atoms with Gasteiger partial charge >= 0.3 is 0 Å². The average molecular weight is 482 g/mol. The number of carbonyl (C=O) groups excluding carboxylic acids is 2. The van der Waals surface area contributed by atoms with Gasteiger partial charge in [-0.3, -0.25) is 9.59 Å². The highest BCUT2D eigenvalue weighted by Crippen LogP contribution is 2.42. The van der Waals surface area contributed by atoms with E-state index in [2.05, 4.69) is 0 Å². The lowest BCUT2D eigenvalue weighted by Crippen LogP contribution is -2.36. The Morgan fingerprint density at radius 1 is 1.17 bits per heavy atom. The maximum Gasteiger partial charge on any atom is 0.295 e. The normalized spacial score (nSPS) is 21.7. The summed E-state index contributed by atoms with van der Waals surface area (Å²) in [6.07, 6.45) is 1.45. The molecule has 8 nitrogen and oxygen atoms in total. The number of likely N-dealkylation sites (tertiary alicyclic amines) is 1. The molecule has 2 atom stereocenters. The van der Waals surface area contributed by atoms with Crippen LogP contribution in [0.15, 0.2) is 42.0 Å². The quantitative estimate of drug-likeness (QED) is 0.348. The van der Waals surface area contributed by atoms with Crippen LogP contribution in [0.25, 0.3) is 5.76 Å². The molecule has 2 N–H and O–H groups in total. The van der Waals surface area contributed by atoms with Gasteiger partial charge in [-0.1, -0.05) is 6.07 Å². The molecule has 0 bridgehead atoms. The monoisotopic (exact) mass is 481 g/mol. The van der Waals surface area contributed by atoms with Gasteiger partial charge < -0.3 is 29.3 Å². The van der Waals surface area contributed by atoms with E-state index >= 15 is 0 Å². The summed E-state index contributed by atoms with van der Waals surface area (Å²) in [6.45, 7) is 6.51. The number of aryl methyl sites for hydroxylation is 1. The van der Waals surface area contributed by atoms with Gasteiger partial charge in [0.05, 0.1) is 30.9 Å². The molecule has 8 heteroatoms. The van der Waals surface area contributed by atoms with Crippen molar-refractivity contribution < 1.29 is 34.0 Å². The van der Waals surface area contributed by atoms with Gasteiger partial charge in [0.25, 0.3) is 11.7 Å². The predicted octanol–water partition coefficient (Wildman–Crippen LogP) is 4.10. The maximum atomic E-state index is 13.2. The van der Waals surface area contributed by atoms with Crippen LogP contribution in [-0.4, -0.2) is 59.3 Å². The molecule has 4 rings (SSSR count). The lowest BCUT2D eigenvalue weighted by molar-refractivity contribution is -0.140. The predicted molar refractivity (Wildman–Crippen MR) is 130 cm³/mol. The molecule has 2 aliphatic heterocycles. The Morgan fingerprint density at radius 2 is 1.91 bits per heavy atom. The summed E-state index contributed by atoms with van der Waals surface area (Å²) in [5.74, 6) is -0.954. The van der Waals surface area contributed by atoms with Crippen LogP contribution >= 0.6 is 0 Å². The second-order valence-electron chi connectivity index (χ2n) is 9.16. The second kappa shape index (κ2) is 10.00. The summed E-state index contributed by atoms with van der Waals surface area (Å²) in [6, 6.07) is 8.94. The number of aromatic hydroxyl groups is 1. The molecule has 2 aliphatic rings. The number of Topliss-reactive ketones (excluding diaryl/α,β-unsaturated/α-hetero) is 1. The molecule has 2 unspecified atom stereocenters. The van der Waals surface area contributed by atoms with Crippen molar-refractivity contribution in [1.29, 1.82) is 0 Å². The Bertz CT molecular complexity index is 1160. The van der Waals surface area contributed by atoms with Crippen LogP contribution in [0, 0.1) is 6.92 Å². The standard InChI is InChI=1S/C27H31NO7/c1-15(2)35-21-9-8-18(12-16(21)3)25(30)23-24(17-7-10-22(33-4)20(29)13-17)28(27(32)26(23)31)14-19-6-5-11-34-19/h7-10,12-13,15,19,24,29-30H,5-6,11,14H2,1-4H3/b25-23-. The van der Waals surface area contributed by atoms with Gasteiger partial charge in [-0.2, -0.15) is 0 Å². The van der Waals surface area contributed by atoms with Crippen LogP contribution in [0.2, 0.25) is 0 Å². The van der Waals surface area contributed by atoms with Crippen molar-refractivity contribution >= 4 is 17.4 Å². The highest BCUT2D eigenvalue weighted by molar-refractivity contribution is 6.46. The number of nitrogens with zero attached hydrogens (tertiary/aromatic N) is 1. The summed E-state index contributed by atoms with van der Waals surface area (Å²) in [4.78, 5) is 27.8. The number of aliphatic hydroxyl groups excluding tert-OH is 1. The number of rotatable bonds is 7. The zero-order valence-electron chi connectivity index (χ0n) is 20.4. The SMILES string of the molecule is COc1ccc(C2/C(=C(/O)c3ccc(OC(C)C)c(C)c3)C(=O)C(=O)N2CC2CCCO2)cc1O. The highest BCUT2D eigenvalue weighted by Gasteiger charge is 2.47. The van der Waals surface area contributed by atoms with Crippen molar-refractivity contribution in [2.24, 2.45) is 0 Å². The minimum atomic E-state index is -0.886. The van der Waals surface area contributed by atoms with Crippen LogP contribution in [0.5, 0.6) is 17.2 Å². The molecule has 2 fully saturated rings. The van der Waals surface area contributed by atoms with Gasteiger partial charge in [0.15, 0.2) is 11.5 Å². The zero-order chi connectivity index (χ0) is 25.3. The number of carbonyl (C=O) groups is 2. The number of ether oxygens (including phenoxy) is 3. The topological polar surface area (TPSA) is 106 Å². The van der Waals surface area contributed by atoms with Crippen LogP contribution in [0.4, 0.5) is 0 Å². The summed E-state index contributed by atoms with van der Waals surface area (Å²) >= 11 is 0. The van der Waals surface area contributed by atoms with Gasteiger partial charge in [-0.25, -0.2) is 0 Å². The molecule has 2 aromatic rings. The fourth-order valence-electron chi connectivity index (χ4n) is 4.64. The molecular weight excluding hydrogens is 450 g/mol. The third-order valence-electron chi connectivity index (χ3n) is 6.29. The molecule has 0 spiro atoms. The van der Waals surface area contributed by atoms with Crippen molar-refractivity contribution in [1.82, 2.24) is 4.90 Å². The van der Waals surface area contributed by atoms with Crippen LogP contribution in [0.1, 0.15) is 49.4 Å². The number of phenolic OH excluding ortho intramolecular Hbond substituents is 1. The minimum absolute atomic E-state index is 0.0148. The number of amides is 1. The van der Waals surface area contributed by atoms with Gasteiger partial charge in [0.2, 0.25) is 0 Å². The van der Waals surface area contributed by atoms with E-state index in [0.717, 1.165) is 18.4 Å². The first-order valence-corrected chi connectivity index (χ1v) is 11.8. The summed E-state index contributed by atoms with van der Waals surface area (Å²) < 4.78 is 16.6. The van der Waals surface area contributed by atoms with Crippen molar-refractivity contribution in [3.05, 3.63) is 58.7 Å². The molecule has 0 saturated carbocycles. The van der Waals surface area contributed by atoms with E-state index in [1.54, 1.807) is 30.3 Å². The minimum Gasteiger partial charge on any atom is -0.507 e. The van der Waals surface area contributed by atoms with E-state index < -0.39 is 17.7 Å². The van der Waals surface area contributed by atoms with E-state index in [1.165, 1.54) is 18.1 Å². The first kappa shape index (κ1) is 24.6. The molecule has 0 aliphatic carbocycles. The lowest BCUT2D eigenvalue weighted by Gasteiger charge is -2.27. The summed E-state index contributed by atoms with van der Waals surface area (Å²) in [5.41, 5.74) is 1.64. The maximum absolute atomic E-state index is 13.2. The molecule has 35 heavy (non-hydrogen) atoms. The molecule has 2 aromatic carbocycles. The Hall–Kier alpha value is -3.52. The van der Waals surface area contributed by atoms with Crippen molar-refractivity contribution in [3.63, 3.8) is 0 Å². The third-order valence-corrected chi connectivity index (χ3v) is 6.29. The molecule has 2 heterocycles. The average Bonchev–Trinajstić information content (AvgIpc) is 3.42. The molecule has 0 radical (unpaired) electrons. The summed E-state index contributed by atoms with van der Waals surface area (Å²) in [5, 5.41) is 21.7. The third kappa shape index (κ3) is 4.84. The van der Waals surface area contributed by atoms with E-state index in [1.807, 2.05) is 20.8 Å². The molecule has 1 amide bonds. The lowest BCUT2D eigenvalue weighted by atomic mass is 9.94. The molecule has 186 valence electrons. The first-order chi connectivity index (χ1) is 16.7. The second-order valence-corrected chi connectivity index (χ2v) is 9.16. The smallest absolute Gasteiger partial charge is 0.295 e. The number of phenols is 1. The van der Waals surface area contributed by atoms with E-state index in [9.17, 15) is 19.8 Å². The molecule has 2 saturated heterocycles. The largest absolute Gasteiger partial charge is 0.507 e. The summed E-state index contributed by atoms with van der Waals surface area (Å²) in [7, 11) is 1.44. The Labute approximate surface area is 204 Å². The fraction of sp³-hybridized carbons (Fsp3) is 0.407. The number of methoxy groups -OCH3 is 1. The Balaban J connectivity index is 1.81. The number of hydrogen-bond acceptors (Lipinski definition) is 7. The molecule has 0 aromatic heterocycles. The van der Waals surface area contributed by atoms with E-state index in [4.69, 9.17) is 14.2 Å². The van der Waals surface area contributed by atoms with Crippen molar-refractivity contribution in [3.8, 4) is 17.2 Å². The van der Waals surface area contributed by atoms with E-state index in [-0.39, 0.29) is 41.6 Å². The van der Waals surface area contributed by atoms with Gasteiger partial charge in [-0.05, 0) is 75.1 Å². The highest BCUT2D eigenvalue weighted by atomic mass is 16.5. The molecular formula is C27H31NO7. The van der Waals surface area contributed by atoms with Crippen molar-refractivity contribution in [2.75, 3.05) is 20.3 Å². The van der Waals surface area contributed by atoms with Crippen LogP contribution in [-0.2, 0) is 14.3 Å². The Morgan fingerprint density at radius 3 is 2.51 bits per heavy atom.